The van der Waals surface area contributed by atoms with Crippen LogP contribution in [0.25, 0.3) is 5.52 Å². The smallest absolute Gasteiger partial charge is 0.253 e. The lowest BCUT2D eigenvalue weighted by atomic mass is 9.70. The molecule has 1 spiro atoms. The van der Waals surface area contributed by atoms with Crippen LogP contribution in [0.1, 0.15) is 42.5 Å². The number of hydrogen-bond acceptors (Lipinski definition) is 4. The van der Waals surface area contributed by atoms with Crippen molar-refractivity contribution in [2.24, 2.45) is 11.3 Å². The molecule has 2 aromatic heterocycles. The maximum atomic E-state index is 13.2. The molecule has 3 aliphatic rings. The predicted octanol–water partition coefficient (Wildman–Crippen LogP) is 1.56. The van der Waals surface area contributed by atoms with Gasteiger partial charge in [-0.05, 0) is 56.2 Å². The van der Waals surface area contributed by atoms with Crippen molar-refractivity contribution in [1.82, 2.24) is 19.4 Å². The van der Waals surface area contributed by atoms with Crippen LogP contribution >= 0.6 is 0 Å². The minimum atomic E-state index is -0.501. The van der Waals surface area contributed by atoms with Gasteiger partial charge < -0.3 is 14.9 Å². The van der Waals surface area contributed by atoms with E-state index in [1.54, 1.807) is 23.0 Å². The standard InChI is InChI=1S/C21H26N4O3/c26-18-12-21(20(28)24(14-18)13-15-1-2-15)5-9-23(10-6-21)19(27)16-4-8-25-17(11-16)3-7-22-25/h3-4,7-8,11,15,18,26H,1-2,5-6,9-10,12-14H2. The van der Waals surface area contributed by atoms with E-state index >= 15 is 0 Å². The number of carbonyl (C=O) groups excluding carboxylic acids is 2. The van der Waals surface area contributed by atoms with E-state index in [1.165, 1.54) is 12.8 Å². The van der Waals surface area contributed by atoms with Gasteiger partial charge in [-0.15, -0.1) is 0 Å². The van der Waals surface area contributed by atoms with E-state index in [-0.39, 0.29) is 11.8 Å². The molecule has 1 N–H and O–H groups in total. The van der Waals surface area contributed by atoms with Gasteiger partial charge in [-0.25, -0.2) is 4.52 Å². The molecule has 0 bridgehead atoms. The molecule has 3 fully saturated rings. The number of aliphatic hydroxyl groups excluding tert-OH is 1. The van der Waals surface area contributed by atoms with Crippen molar-refractivity contribution in [2.75, 3.05) is 26.2 Å². The Morgan fingerprint density at radius 2 is 2.04 bits per heavy atom. The molecule has 28 heavy (non-hydrogen) atoms. The number of piperidine rings is 2. The van der Waals surface area contributed by atoms with E-state index in [0.29, 0.717) is 50.4 Å². The van der Waals surface area contributed by atoms with Crippen molar-refractivity contribution in [3.8, 4) is 0 Å². The number of likely N-dealkylation sites (tertiary alicyclic amines) is 2. The van der Waals surface area contributed by atoms with Gasteiger partial charge in [0.1, 0.15) is 0 Å². The van der Waals surface area contributed by atoms with Crippen LogP contribution in [0.2, 0.25) is 0 Å². The van der Waals surface area contributed by atoms with Crippen molar-refractivity contribution >= 4 is 17.3 Å². The van der Waals surface area contributed by atoms with E-state index in [2.05, 4.69) is 5.10 Å². The predicted molar refractivity (Wildman–Crippen MR) is 103 cm³/mol. The van der Waals surface area contributed by atoms with Crippen LogP contribution < -0.4 is 0 Å². The molecule has 7 heteroatoms. The van der Waals surface area contributed by atoms with Gasteiger partial charge in [0.05, 0.1) is 17.0 Å². The molecule has 0 aromatic carbocycles. The Labute approximate surface area is 163 Å². The number of nitrogens with zero attached hydrogens (tertiary/aromatic N) is 4. The lowest BCUT2D eigenvalue weighted by Crippen LogP contribution is -2.58. The summed E-state index contributed by atoms with van der Waals surface area (Å²) >= 11 is 0. The summed E-state index contributed by atoms with van der Waals surface area (Å²) in [6, 6.07) is 5.52. The van der Waals surface area contributed by atoms with E-state index in [4.69, 9.17) is 0 Å². The first kappa shape index (κ1) is 17.7. The second kappa shape index (κ2) is 6.58. The molecule has 148 valence electrons. The van der Waals surface area contributed by atoms with Gasteiger partial charge >= 0.3 is 0 Å². The zero-order valence-corrected chi connectivity index (χ0v) is 16.0. The molecule has 2 saturated heterocycles. The summed E-state index contributed by atoms with van der Waals surface area (Å²) in [5, 5.41) is 14.6. The highest BCUT2D eigenvalue weighted by molar-refractivity contribution is 5.95. The Bertz CT molecular complexity index is 909. The maximum absolute atomic E-state index is 13.2. The zero-order valence-electron chi connectivity index (χ0n) is 16.0. The van der Waals surface area contributed by atoms with Crippen LogP contribution in [-0.2, 0) is 4.79 Å². The third-order valence-electron chi connectivity index (χ3n) is 6.63. The van der Waals surface area contributed by atoms with Crippen LogP contribution in [0, 0.1) is 11.3 Å². The number of aliphatic hydroxyl groups is 1. The fourth-order valence-corrected chi connectivity index (χ4v) is 4.84. The Morgan fingerprint density at radius 3 is 2.79 bits per heavy atom. The molecule has 1 unspecified atom stereocenters. The van der Waals surface area contributed by atoms with Gasteiger partial charge in [0.15, 0.2) is 0 Å². The SMILES string of the molecule is O=C(c1ccn2nccc2c1)N1CCC2(CC1)CC(O)CN(CC1CC1)C2=O. The number of hydrogen-bond donors (Lipinski definition) is 1. The zero-order chi connectivity index (χ0) is 19.3. The van der Waals surface area contributed by atoms with Gasteiger partial charge in [0.25, 0.3) is 5.91 Å². The molecular formula is C21H26N4O3. The van der Waals surface area contributed by atoms with Crippen LogP contribution in [0.4, 0.5) is 0 Å². The van der Waals surface area contributed by atoms with Gasteiger partial charge in [-0.2, -0.15) is 5.10 Å². The minimum Gasteiger partial charge on any atom is -0.391 e. The molecule has 7 nitrogen and oxygen atoms in total. The average molecular weight is 382 g/mol. The Hall–Kier alpha value is -2.41. The third kappa shape index (κ3) is 3.07. The molecule has 1 saturated carbocycles. The second-order valence-corrected chi connectivity index (χ2v) is 8.70. The van der Waals surface area contributed by atoms with E-state index in [0.717, 1.165) is 12.1 Å². The normalized spacial score (nSPS) is 24.9. The summed E-state index contributed by atoms with van der Waals surface area (Å²) < 4.78 is 1.73. The fraction of sp³-hybridized carbons (Fsp3) is 0.571. The topological polar surface area (TPSA) is 78.2 Å². The van der Waals surface area contributed by atoms with Crippen LogP contribution in [0.15, 0.2) is 30.6 Å². The molecule has 0 radical (unpaired) electrons. The lowest BCUT2D eigenvalue weighted by Gasteiger charge is -2.48. The Balaban J connectivity index is 1.29. The first-order chi connectivity index (χ1) is 13.5. The Kier molecular flexibility index (Phi) is 4.16. The van der Waals surface area contributed by atoms with E-state index in [9.17, 15) is 14.7 Å². The summed E-state index contributed by atoms with van der Waals surface area (Å²) in [6.45, 7) is 2.36. The number of aromatic nitrogens is 2. The molecule has 5 rings (SSSR count). The van der Waals surface area contributed by atoms with Crippen molar-refractivity contribution in [2.45, 2.75) is 38.2 Å². The fourth-order valence-electron chi connectivity index (χ4n) is 4.84. The largest absolute Gasteiger partial charge is 0.391 e. The Morgan fingerprint density at radius 1 is 1.25 bits per heavy atom. The summed E-state index contributed by atoms with van der Waals surface area (Å²) in [7, 11) is 0. The average Bonchev–Trinajstić information content (AvgIpc) is 3.38. The highest BCUT2D eigenvalue weighted by atomic mass is 16.3. The van der Waals surface area contributed by atoms with Gasteiger partial charge in [0, 0.05) is 44.1 Å². The van der Waals surface area contributed by atoms with Crippen molar-refractivity contribution in [1.29, 1.82) is 0 Å². The highest BCUT2D eigenvalue weighted by Gasteiger charge is 2.49. The van der Waals surface area contributed by atoms with Crippen LogP contribution in [0.3, 0.4) is 0 Å². The highest BCUT2D eigenvalue weighted by Crippen LogP contribution is 2.42. The molecule has 2 aliphatic heterocycles. The van der Waals surface area contributed by atoms with Crippen LogP contribution in [-0.4, -0.2) is 68.6 Å². The first-order valence-electron chi connectivity index (χ1n) is 10.2. The first-order valence-corrected chi connectivity index (χ1v) is 10.2. The summed E-state index contributed by atoms with van der Waals surface area (Å²) in [4.78, 5) is 29.9. The van der Waals surface area contributed by atoms with E-state index in [1.807, 2.05) is 21.9 Å². The van der Waals surface area contributed by atoms with Crippen molar-refractivity contribution < 1.29 is 14.7 Å². The number of fused-ring (bicyclic) bond motifs is 1. The maximum Gasteiger partial charge on any atom is 0.253 e. The molecule has 1 atom stereocenters. The van der Waals surface area contributed by atoms with Gasteiger partial charge in [0.2, 0.25) is 5.91 Å². The van der Waals surface area contributed by atoms with Crippen LogP contribution in [0.5, 0.6) is 0 Å². The quantitative estimate of drug-likeness (QED) is 0.874. The summed E-state index contributed by atoms with van der Waals surface area (Å²) in [6.07, 6.45) is 7.22. The van der Waals surface area contributed by atoms with Gasteiger partial charge in [-0.1, -0.05) is 0 Å². The number of carbonyl (C=O) groups is 2. The number of rotatable bonds is 3. The molecule has 2 amide bonds. The van der Waals surface area contributed by atoms with Crippen molar-refractivity contribution in [3.05, 3.63) is 36.2 Å². The lowest BCUT2D eigenvalue weighted by molar-refractivity contribution is -0.156. The second-order valence-electron chi connectivity index (χ2n) is 8.70. The number of pyridine rings is 1. The minimum absolute atomic E-state index is 0.00260. The molecular weight excluding hydrogens is 356 g/mol. The number of amides is 2. The van der Waals surface area contributed by atoms with Gasteiger partial charge in [-0.3, -0.25) is 9.59 Å². The monoisotopic (exact) mass is 382 g/mol. The van der Waals surface area contributed by atoms with Crippen molar-refractivity contribution in [3.63, 3.8) is 0 Å². The molecule has 1 aliphatic carbocycles. The summed E-state index contributed by atoms with van der Waals surface area (Å²) in [5.41, 5.74) is 1.04. The summed E-state index contributed by atoms with van der Waals surface area (Å²) in [5.74, 6) is 0.807. The number of β-amino-alcohol motifs (C(OH)–C–C–N with tert-alkyl or cyclic N) is 1. The third-order valence-corrected chi connectivity index (χ3v) is 6.63. The van der Waals surface area contributed by atoms with E-state index < -0.39 is 11.5 Å². The molecule has 4 heterocycles. The molecule has 2 aromatic rings.